The number of nitrogens with one attached hydrogen (secondary N) is 1. The van der Waals surface area contributed by atoms with Crippen LogP contribution >= 0.6 is 0 Å². The standard InChI is InChI=1S/C19H35N3O2/c1-14-6-3-7-15(2)18(14)20-19(24)22-11-5-8-16(22)12-21-10-4-9-17(21)13-23/h14-18,23H,3-13H2,1-2H3,(H,20,24). The van der Waals surface area contributed by atoms with Gasteiger partial charge in [0.1, 0.15) is 0 Å². The highest BCUT2D eigenvalue weighted by molar-refractivity contribution is 5.75. The molecule has 0 aromatic heterocycles. The fourth-order valence-electron chi connectivity index (χ4n) is 5.10. The van der Waals surface area contributed by atoms with Gasteiger partial charge >= 0.3 is 6.03 Å². The molecule has 4 atom stereocenters. The molecule has 24 heavy (non-hydrogen) atoms. The van der Waals surface area contributed by atoms with E-state index in [1.807, 2.05) is 0 Å². The smallest absolute Gasteiger partial charge is 0.317 e. The first-order chi connectivity index (χ1) is 11.6. The van der Waals surface area contributed by atoms with Crippen molar-refractivity contribution in [3.63, 3.8) is 0 Å². The Hall–Kier alpha value is -0.810. The van der Waals surface area contributed by atoms with Gasteiger partial charge in [0.2, 0.25) is 0 Å². The third kappa shape index (κ3) is 3.88. The van der Waals surface area contributed by atoms with Crippen molar-refractivity contribution >= 4 is 6.03 Å². The minimum absolute atomic E-state index is 0.142. The van der Waals surface area contributed by atoms with Crippen molar-refractivity contribution in [2.75, 3.05) is 26.2 Å². The number of amides is 2. The molecule has 3 rings (SSSR count). The molecule has 0 radical (unpaired) electrons. The number of hydrogen-bond acceptors (Lipinski definition) is 3. The molecule has 1 saturated carbocycles. The zero-order valence-corrected chi connectivity index (χ0v) is 15.4. The number of carbonyl (C=O) groups excluding carboxylic acids is 1. The van der Waals surface area contributed by atoms with Crippen LogP contribution < -0.4 is 5.32 Å². The average molecular weight is 338 g/mol. The van der Waals surface area contributed by atoms with Crippen LogP contribution in [0.1, 0.15) is 58.8 Å². The first-order valence-electron chi connectivity index (χ1n) is 10.0. The molecule has 2 N–H and O–H groups in total. The van der Waals surface area contributed by atoms with Crippen molar-refractivity contribution < 1.29 is 9.90 Å². The number of aliphatic hydroxyl groups is 1. The lowest BCUT2D eigenvalue weighted by molar-refractivity contribution is 0.121. The molecule has 2 amide bonds. The molecule has 3 fully saturated rings. The molecule has 0 aromatic carbocycles. The molecule has 5 nitrogen and oxygen atoms in total. The predicted octanol–water partition coefficient (Wildman–Crippen LogP) is 2.44. The van der Waals surface area contributed by atoms with Crippen LogP contribution in [0.2, 0.25) is 0 Å². The summed E-state index contributed by atoms with van der Waals surface area (Å²) in [6, 6.07) is 1.08. The number of likely N-dealkylation sites (tertiary alicyclic amines) is 2. The van der Waals surface area contributed by atoms with Gasteiger partial charge in [0, 0.05) is 31.2 Å². The van der Waals surface area contributed by atoms with Crippen LogP contribution in [0.25, 0.3) is 0 Å². The summed E-state index contributed by atoms with van der Waals surface area (Å²) < 4.78 is 0. The quantitative estimate of drug-likeness (QED) is 0.828. The molecule has 2 heterocycles. The molecule has 0 spiro atoms. The number of hydrogen-bond donors (Lipinski definition) is 2. The summed E-state index contributed by atoms with van der Waals surface area (Å²) in [5, 5.41) is 12.9. The van der Waals surface area contributed by atoms with Crippen LogP contribution in [0.5, 0.6) is 0 Å². The monoisotopic (exact) mass is 337 g/mol. The molecule has 0 bridgehead atoms. The van der Waals surface area contributed by atoms with Crippen molar-refractivity contribution in [3.05, 3.63) is 0 Å². The van der Waals surface area contributed by atoms with E-state index in [-0.39, 0.29) is 12.6 Å². The lowest BCUT2D eigenvalue weighted by Crippen LogP contribution is -2.54. The Kier molecular flexibility index (Phi) is 6.03. The van der Waals surface area contributed by atoms with E-state index in [0.29, 0.717) is 30.0 Å². The van der Waals surface area contributed by atoms with Gasteiger partial charge in [-0.3, -0.25) is 4.90 Å². The highest BCUT2D eigenvalue weighted by atomic mass is 16.3. The van der Waals surface area contributed by atoms with Crippen molar-refractivity contribution in [1.82, 2.24) is 15.1 Å². The Morgan fingerprint density at radius 2 is 1.67 bits per heavy atom. The van der Waals surface area contributed by atoms with Gasteiger partial charge in [-0.25, -0.2) is 4.79 Å². The Bertz CT molecular complexity index is 421. The number of aliphatic hydroxyl groups excluding tert-OH is 1. The summed E-state index contributed by atoms with van der Waals surface area (Å²) in [7, 11) is 0. The second-order valence-corrected chi connectivity index (χ2v) is 8.32. The summed E-state index contributed by atoms with van der Waals surface area (Å²) in [6.07, 6.45) is 8.20. The maximum atomic E-state index is 12.9. The fourth-order valence-corrected chi connectivity index (χ4v) is 5.10. The summed E-state index contributed by atoms with van der Waals surface area (Å²) in [5.41, 5.74) is 0. The van der Waals surface area contributed by atoms with E-state index in [2.05, 4.69) is 29.0 Å². The van der Waals surface area contributed by atoms with Crippen molar-refractivity contribution in [3.8, 4) is 0 Å². The van der Waals surface area contributed by atoms with E-state index in [9.17, 15) is 9.90 Å². The number of urea groups is 1. The van der Waals surface area contributed by atoms with Crippen molar-refractivity contribution in [2.24, 2.45) is 11.8 Å². The Morgan fingerprint density at radius 1 is 1.00 bits per heavy atom. The molecule has 3 aliphatic rings. The molecular weight excluding hydrogens is 302 g/mol. The van der Waals surface area contributed by atoms with Gasteiger partial charge in [-0.05, 0) is 56.9 Å². The van der Waals surface area contributed by atoms with E-state index in [4.69, 9.17) is 0 Å². The van der Waals surface area contributed by atoms with Gasteiger partial charge in [0.05, 0.1) is 6.61 Å². The van der Waals surface area contributed by atoms with E-state index in [0.717, 1.165) is 38.9 Å². The lowest BCUT2D eigenvalue weighted by Gasteiger charge is -2.37. The lowest BCUT2D eigenvalue weighted by atomic mass is 9.79. The summed E-state index contributed by atoms with van der Waals surface area (Å²) in [4.78, 5) is 17.3. The van der Waals surface area contributed by atoms with Gasteiger partial charge in [-0.2, -0.15) is 0 Å². The zero-order chi connectivity index (χ0) is 17.1. The number of nitrogens with zero attached hydrogens (tertiary/aromatic N) is 2. The molecule has 1 aliphatic carbocycles. The Labute approximate surface area is 146 Å². The molecule has 2 aliphatic heterocycles. The highest BCUT2D eigenvalue weighted by Crippen LogP contribution is 2.30. The molecule has 138 valence electrons. The Balaban J connectivity index is 1.57. The van der Waals surface area contributed by atoms with Crippen LogP contribution in [0.4, 0.5) is 4.79 Å². The first kappa shape index (κ1) is 18.0. The van der Waals surface area contributed by atoms with E-state index in [1.165, 1.54) is 25.7 Å². The van der Waals surface area contributed by atoms with Gasteiger partial charge in [-0.15, -0.1) is 0 Å². The van der Waals surface area contributed by atoms with Crippen LogP contribution in [0.15, 0.2) is 0 Å². The maximum Gasteiger partial charge on any atom is 0.317 e. The second kappa shape index (κ2) is 8.05. The first-order valence-corrected chi connectivity index (χ1v) is 10.0. The van der Waals surface area contributed by atoms with E-state index >= 15 is 0 Å². The number of carbonyl (C=O) groups is 1. The van der Waals surface area contributed by atoms with Gasteiger partial charge < -0.3 is 15.3 Å². The minimum Gasteiger partial charge on any atom is -0.395 e. The van der Waals surface area contributed by atoms with Crippen molar-refractivity contribution in [2.45, 2.75) is 76.9 Å². The normalized spacial score (nSPS) is 37.8. The SMILES string of the molecule is CC1CCCC(C)C1NC(=O)N1CCCC1CN1CCCC1CO. The fraction of sp³-hybridized carbons (Fsp3) is 0.947. The summed E-state index contributed by atoms with van der Waals surface area (Å²) >= 11 is 0. The highest BCUT2D eigenvalue weighted by Gasteiger charge is 2.36. The molecule has 5 heteroatoms. The summed E-state index contributed by atoms with van der Waals surface area (Å²) in [5.74, 6) is 1.16. The van der Waals surface area contributed by atoms with Crippen LogP contribution in [0.3, 0.4) is 0 Å². The molecular formula is C19H35N3O2. The topological polar surface area (TPSA) is 55.8 Å². The molecule has 4 unspecified atom stereocenters. The average Bonchev–Trinajstić information content (AvgIpc) is 3.20. The van der Waals surface area contributed by atoms with Crippen LogP contribution in [-0.4, -0.2) is 65.3 Å². The maximum absolute atomic E-state index is 12.9. The van der Waals surface area contributed by atoms with Gasteiger partial charge in [0.25, 0.3) is 0 Å². The minimum atomic E-state index is 0.142. The summed E-state index contributed by atoms with van der Waals surface area (Å²) in [6.45, 7) is 7.66. The third-order valence-electron chi connectivity index (χ3n) is 6.63. The van der Waals surface area contributed by atoms with Gasteiger partial charge in [-0.1, -0.05) is 20.3 Å². The van der Waals surface area contributed by atoms with Crippen LogP contribution in [-0.2, 0) is 0 Å². The van der Waals surface area contributed by atoms with E-state index in [1.54, 1.807) is 0 Å². The third-order valence-corrected chi connectivity index (χ3v) is 6.63. The van der Waals surface area contributed by atoms with E-state index < -0.39 is 0 Å². The van der Waals surface area contributed by atoms with Gasteiger partial charge in [0.15, 0.2) is 0 Å². The number of rotatable bonds is 4. The zero-order valence-electron chi connectivity index (χ0n) is 15.4. The molecule has 2 saturated heterocycles. The van der Waals surface area contributed by atoms with Crippen LogP contribution in [0, 0.1) is 11.8 Å². The second-order valence-electron chi connectivity index (χ2n) is 8.32. The Morgan fingerprint density at radius 3 is 2.38 bits per heavy atom. The molecule has 0 aromatic rings. The largest absolute Gasteiger partial charge is 0.395 e. The van der Waals surface area contributed by atoms with Crippen molar-refractivity contribution in [1.29, 1.82) is 0 Å². The predicted molar refractivity (Wildman–Crippen MR) is 95.9 cm³/mol.